The Morgan fingerprint density at radius 3 is 2.48 bits per heavy atom. The minimum absolute atomic E-state index is 0.0517. The van der Waals surface area contributed by atoms with Crippen molar-refractivity contribution in [2.45, 2.75) is 13.5 Å². The van der Waals surface area contributed by atoms with E-state index in [0.29, 0.717) is 0 Å². The van der Waals surface area contributed by atoms with Crippen LogP contribution in [-0.4, -0.2) is 16.8 Å². The number of benzene rings is 2. The lowest BCUT2D eigenvalue weighted by Gasteiger charge is -2.10. The molecular formula is C16H14N2O5. The third kappa shape index (κ3) is 4.37. The van der Waals surface area contributed by atoms with Gasteiger partial charge in [0.2, 0.25) is 0 Å². The van der Waals surface area contributed by atoms with Crippen molar-refractivity contribution in [3.8, 4) is 0 Å². The summed E-state index contributed by atoms with van der Waals surface area (Å²) in [5, 5.41) is 13.2. The van der Waals surface area contributed by atoms with Gasteiger partial charge in [-0.3, -0.25) is 20.2 Å². The molecule has 0 saturated heterocycles. The highest BCUT2D eigenvalue weighted by Crippen LogP contribution is 2.23. The predicted molar refractivity (Wildman–Crippen MR) is 83.4 cm³/mol. The molecule has 0 spiro atoms. The van der Waals surface area contributed by atoms with Gasteiger partial charge in [-0.15, -0.1) is 0 Å². The van der Waals surface area contributed by atoms with Crippen molar-refractivity contribution in [3.05, 3.63) is 69.8 Å². The van der Waals surface area contributed by atoms with Crippen LogP contribution in [0.4, 0.5) is 16.2 Å². The van der Waals surface area contributed by atoms with Gasteiger partial charge in [0, 0.05) is 17.7 Å². The van der Waals surface area contributed by atoms with E-state index >= 15 is 0 Å². The number of nitro groups is 1. The number of nitrogens with zero attached hydrogens (tertiary/aromatic N) is 1. The van der Waals surface area contributed by atoms with Gasteiger partial charge >= 0.3 is 6.09 Å². The largest absolute Gasteiger partial charge is 0.444 e. The molecular weight excluding hydrogens is 300 g/mol. The average molecular weight is 314 g/mol. The van der Waals surface area contributed by atoms with Crippen LogP contribution in [-0.2, 0) is 11.3 Å². The fourth-order valence-corrected chi connectivity index (χ4v) is 1.92. The van der Waals surface area contributed by atoms with Crippen LogP contribution in [0.5, 0.6) is 0 Å². The zero-order chi connectivity index (χ0) is 16.8. The maximum Gasteiger partial charge on any atom is 0.411 e. The van der Waals surface area contributed by atoms with Crippen LogP contribution in [0.25, 0.3) is 0 Å². The lowest BCUT2D eigenvalue weighted by molar-refractivity contribution is -0.384. The zero-order valence-electron chi connectivity index (χ0n) is 12.3. The Balaban J connectivity index is 2.08. The minimum atomic E-state index is -0.745. The predicted octanol–water partition coefficient (Wildman–Crippen LogP) is 3.55. The Morgan fingerprint density at radius 2 is 1.87 bits per heavy atom. The molecule has 0 atom stereocenters. The number of non-ortho nitro benzene ring substituents is 1. The van der Waals surface area contributed by atoms with Crippen LogP contribution in [0.1, 0.15) is 22.8 Å². The van der Waals surface area contributed by atoms with E-state index in [4.69, 9.17) is 4.74 Å². The maximum absolute atomic E-state index is 11.8. The van der Waals surface area contributed by atoms with Gasteiger partial charge < -0.3 is 4.74 Å². The highest BCUT2D eigenvalue weighted by Gasteiger charge is 2.16. The summed E-state index contributed by atoms with van der Waals surface area (Å²) in [5.74, 6) is -0.396. The number of rotatable bonds is 5. The summed E-state index contributed by atoms with van der Waals surface area (Å²) in [6.07, 6.45) is -0.745. The van der Waals surface area contributed by atoms with Gasteiger partial charge in [0.25, 0.3) is 5.69 Å². The second-order valence-corrected chi connectivity index (χ2v) is 4.73. The molecule has 7 heteroatoms. The topological polar surface area (TPSA) is 98.5 Å². The van der Waals surface area contributed by atoms with E-state index in [1.807, 2.05) is 18.2 Å². The highest BCUT2D eigenvalue weighted by atomic mass is 16.6. The molecule has 7 nitrogen and oxygen atoms in total. The lowest BCUT2D eigenvalue weighted by Crippen LogP contribution is -2.15. The molecule has 0 bridgehead atoms. The van der Waals surface area contributed by atoms with Crippen molar-refractivity contribution in [1.29, 1.82) is 0 Å². The van der Waals surface area contributed by atoms with Crippen LogP contribution >= 0.6 is 0 Å². The van der Waals surface area contributed by atoms with Crippen LogP contribution in [0, 0.1) is 10.1 Å². The Hall–Kier alpha value is -3.22. The van der Waals surface area contributed by atoms with Gasteiger partial charge in [0.05, 0.1) is 10.6 Å². The number of amides is 1. The lowest BCUT2D eigenvalue weighted by atomic mass is 10.1. The van der Waals surface area contributed by atoms with E-state index in [1.165, 1.54) is 19.1 Å². The first-order chi connectivity index (χ1) is 11.0. The maximum atomic E-state index is 11.8. The fraction of sp³-hybridized carbons (Fsp3) is 0.125. The third-order valence-corrected chi connectivity index (χ3v) is 3.04. The van der Waals surface area contributed by atoms with Gasteiger partial charge in [-0.2, -0.15) is 0 Å². The standard InChI is InChI=1S/C16H14N2O5/c1-11(19)14-9-13(18(21)22)7-8-15(14)17-16(20)23-10-12-5-3-2-4-6-12/h2-9H,10H2,1H3,(H,17,20). The van der Waals surface area contributed by atoms with Gasteiger partial charge in [-0.25, -0.2) is 4.79 Å². The summed E-state index contributed by atoms with van der Waals surface area (Å²) in [7, 11) is 0. The molecule has 0 fully saturated rings. The molecule has 0 aliphatic heterocycles. The summed E-state index contributed by atoms with van der Waals surface area (Å²) in [5.41, 5.74) is 0.813. The summed E-state index contributed by atoms with van der Waals surface area (Å²) in [6, 6.07) is 12.7. The smallest absolute Gasteiger partial charge is 0.411 e. The number of nitro benzene ring substituents is 1. The number of ether oxygens (including phenoxy) is 1. The molecule has 0 unspecified atom stereocenters. The number of Topliss-reactive ketones (excluding diaryl/α,β-unsaturated/α-hetero) is 1. The molecule has 2 aromatic rings. The monoisotopic (exact) mass is 314 g/mol. The number of carbonyl (C=O) groups excluding carboxylic acids is 2. The molecule has 2 aromatic carbocycles. The molecule has 0 aliphatic carbocycles. The normalized spacial score (nSPS) is 9.96. The second-order valence-electron chi connectivity index (χ2n) is 4.73. The van der Waals surface area contributed by atoms with E-state index in [9.17, 15) is 19.7 Å². The SMILES string of the molecule is CC(=O)c1cc([N+](=O)[O-])ccc1NC(=O)OCc1ccccc1. The molecule has 0 aromatic heterocycles. The van der Waals surface area contributed by atoms with Crippen LogP contribution in [0.2, 0.25) is 0 Å². The molecule has 0 radical (unpaired) electrons. The number of hydrogen-bond acceptors (Lipinski definition) is 5. The van der Waals surface area contributed by atoms with Gasteiger partial charge in [-0.05, 0) is 18.6 Å². The number of nitrogens with one attached hydrogen (secondary N) is 1. The fourth-order valence-electron chi connectivity index (χ4n) is 1.92. The van der Waals surface area contributed by atoms with Crippen molar-refractivity contribution in [1.82, 2.24) is 0 Å². The summed E-state index contributed by atoms with van der Waals surface area (Å²) < 4.78 is 5.05. The van der Waals surface area contributed by atoms with Crippen molar-refractivity contribution in [3.63, 3.8) is 0 Å². The number of carbonyl (C=O) groups is 2. The minimum Gasteiger partial charge on any atom is -0.444 e. The first kappa shape index (κ1) is 16.2. The van der Waals surface area contributed by atoms with Crippen molar-refractivity contribution in [2.75, 3.05) is 5.32 Å². The van der Waals surface area contributed by atoms with Crippen LogP contribution in [0.15, 0.2) is 48.5 Å². The van der Waals surface area contributed by atoms with E-state index < -0.39 is 16.8 Å². The second kappa shape index (κ2) is 7.17. The summed E-state index contributed by atoms with van der Waals surface area (Å²) in [6.45, 7) is 1.34. The number of hydrogen-bond donors (Lipinski definition) is 1. The van der Waals surface area contributed by atoms with Crippen molar-refractivity contribution in [2.24, 2.45) is 0 Å². The summed E-state index contributed by atoms with van der Waals surface area (Å²) >= 11 is 0. The first-order valence-electron chi connectivity index (χ1n) is 6.74. The van der Waals surface area contributed by atoms with E-state index in [2.05, 4.69) is 5.32 Å². The molecule has 0 saturated carbocycles. The van der Waals surface area contributed by atoms with Gasteiger partial charge in [0.1, 0.15) is 6.61 Å². The molecule has 118 valence electrons. The van der Waals surface area contributed by atoms with Crippen molar-refractivity contribution >= 4 is 23.3 Å². The molecule has 23 heavy (non-hydrogen) atoms. The molecule has 0 aliphatic rings. The number of anilines is 1. The highest BCUT2D eigenvalue weighted by molar-refractivity contribution is 6.03. The quantitative estimate of drug-likeness (QED) is 0.517. The Morgan fingerprint density at radius 1 is 1.17 bits per heavy atom. The summed E-state index contributed by atoms with van der Waals surface area (Å²) in [4.78, 5) is 33.5. The van der Waals surface area contributed by atoms with Gasteiger partial charge in [0.15, 0.2) is 5.78 Å². The molecule has 2 rings (SSSR count). The Labute approximate surface area is 132 Å². The third-order valence-electron chi connectivity index (χ3n) is 3.04. The van der Waals surface area contributed by atoms with E-state index in [1.54, 1.807) is 12.1 Å². The first-order valence-corrected chi connectivity index (χ1v) is 6.74. The van der Waals surface area contributed by atoms with Crippen molar-refractivity contribution < 1.29 is 19.2 Å². The van der Waals surface area contributed by atoms with E-state index in [-0.39, 0.29) is 23.5 Å². The van der Waals surface area contributed by atoms with Crippen LogP contribution in [0.3, 0.4) is 0 Å². The Kier molecular flexibility index (Phi) is 5.03. The van der Waals surface area contributed by atoms with Gasteiger partial charge in [-0.1, -0.05) is 30.3 Å². The van der Waals surface area contributed by atoms with Crippen LogP contribution < -0.4 is 5.32 Å². The molecule has 1 N–H and O–H groups in total. The molecule has 1 amide bonds. The Bertz CT molecular complexity index is 743. The number of ketones is 1. The zero-order valence-corrected chi connectivity index (χ0v) is 12.3. The molecule has 0 heterocycles. The van der Waals surface area contributed by atoms with E-state index in [0.717, 1.165) is 11.6 Å². The average Bonchev–Trinajstić information content (AvgIpc) is 2.54.